The second-order valence-electron chi connectivity index (χ2n) is 10.2. The normalized spacial score (nSPS) is 16.8. The van der Waals surface area contributed by atoms with Crippen LogP contribution in [0.5, 0.6) is 5.75 Å². The van der Waals surface area contributed by atoms with E-state index < -0.39 is 18.1 Å². The van der Waals surface area contributed by atoms with Crippen molar-refractivity contribution in [1.82, 2.24) is 10.6 Å². The highest BCUT2D eigenvalue weighted by atomic mass is 16.5. The number of piperidine rings is 1. The van der Waals surface area contributed by atoms with Crippen LogP contribution in [0.3, 0.4) is 0 Å². The van der Waals surface area contributed by atoms with Gasteiger partial charge in [-0.1, -0.05) is 26.0 Å². The summed E-state index contributed by atoms with van der Waals surface area (Å²) in [7, 11) is 0. The Morgan fingerprint density at radius 3 is 2.22 bits per heavy atom. The third kappa shape index (κ3) is 8.20. The summed E-state index contributed by atoms with van der Waals surface area (Å²) in [6, 6.07) is 13.7. The molecule has 202 valence electrons. The van der Waals surface area contributed by atoms with E-state index in [1.807, 2.05) is 32.9 Å². The number of carbonyl (C=O) groups is 2. The van der Waals surface area contributed by atoms with Gasteiger partial charge in [0.25, 0.3) is 5.91 Å². The molecule has 1 saturated heterocycles. The molecule has 1 fully saturated rings. The highest BCUT2D eigenvalue weighted by molar-refractivity contribution is 5.97. The molecule has 3 atom stereocenters. The van der Waals surface area contributed by atoms with Crippen molar-refractivity contribution in [2.75, 3.05) is 24.6 Å². The van der Waals surface area contributed by atoms with Crippen molar-refractivity contribution in [3.05, 3.63) is 59.7 Å². The molecule has 0 aliphatic carbocycles. The number of phenols is 1. The minimum absolute atomic E-state index is 0.118. The van der Waals surface area contributed by atoms with Gasteiger partial charge in [-0.25, -0.2) is 4.79 Å². The van der Waals surface area contributed by atoms with E-state index in [0.29, 0.717) is 18.0 Å². The number of anilines is 1. The number of hydrogen-bond acceptors (Lipinski definition) is 7. The number of carbonyl (C=O) groups excluding carboxylic acids is 2. The Bertz CT molecular complexity index is 1000. The van der Waals surface area contributed by atoms with E-state index in [-0.39, 0.29) is 30.2 Å². The molecule has 2 aromatic carbocycles. The molecular formula is C29H41N3O5. The number of benzene rings is 2. The summed E-state index contributed by atoms with van der Waals surface area (Å²) in [5.41, 5.74) is 2.34. The van der Waals surface area contributed by atoms with Crippen LogP contribution in [0.2, 0.25) is 0 Å². The van der Waals surface area contributed by atoms with Gasteiger partial charge in [0.2, 0.25) is 0 Å². The molecule has 37 heavy (non-hydrogen) atoms. The molecule has 3 rings (SSSR count). The van der Waals surface area contributed by atoms with E-state index in [2.05, 4.69) is 15.5 Å². The molecule has 4 N–H and O–H groups in total. The average molecular weight is 512 g/mol. The number of hydrogen-bond donors (Lipinski definition) is 4. The molecule has 1 aliphatic heterocycles. The van der Waals surface area contributed by atoms with Crippen molar-refractivity contribution in [2.45, 2.75) is 71.2 Å². The van der Waals surface area contributed by atoms with Gasteiger partial charge in [-0.15, -0.1) is 0 Å². The maximum absolute atomic E-state index is 12.8. The van der Waals surface area contributed by atoms with Gasteiger partial charge in [0.05, 0.1) is 12.7 Å². The number of amides is 1. The van der Waals surface area contributed by atoms with Crippen LogP contribution in [-0.4, -0.2) is 59.9 Å². The zero-order valence-electron chi connectivity index (χ0n) is 22.3. The predicted molar refractivity (Wildman–Crippen MR) is 145 cm³/mol. The van der Waals surface area contributed by atoms with Gasteiger partial charge in [-0.05, 0) is 81.0 Å². The lowest BCUT2D eigenvalue weighted by molar-refractivity contribution is -0.145. The topological polar surface area (TPSA) is 111 Å². The first kappa shape index (κ1) is 28.5. The lowest BCUT2D eigenvalue weighted by Gasteiger charge is -2.36. The zero-order chi connectivity index (χ0) is 26.9. The van der Waals surface area contributed by atoms with Gasteiger partial charge in [-0.2, -0.15) is 0 Å². The summed E-state index contributed by atoms with van der Waals surface area (Å²) in [6.07, 6.45) is 1.74. The van der Waals surface area contributed by atoms with Crippen molar-refractivity contribution < 1.29 is 24.5 Å². The van der Waals surface area contributed by atoms with Crippen molar-refractivity contribution in [3.63, 3.8) is 0 Å². The highest BCUT2D eigenvalue weighted by Crippen LogP contribution is 2.24. The van der Waals surface area contributed by atoms with Gasteiger partial charge < -0.3 is 30.5 Å². The summed E-state index contributed by atoms with van der Waals surface area (Å²) in [6.45, 7) is 9.75. The third-order valence-corrected chi connectivity index (χ3v) is 6.78. The molecule has 1 aliphatic rings. The summed E-state index contributed by atoms with van der Waals surface area (Å²) in [4.78, 5) is 27.3. The van der Waals surface area contributed by atoms with Gasteiger partial charge >= 0.3 is 5.97 Å². The van der Waals surface area contributed by atoms with Crippen molar-refractivity contribution in [1.29, 1.82) is 0 Å². The number of nitrogens with zero attached hydrogens (tertiary/aromatic N) is 1. The number of rotatable bonds is 11. The maximum Gasteiger partial charge on any atom is 0.328 e. The Balaban J connectivity index is 1.51. The van der Waals surface area contributed by atoms with E-state index in [0.717, 1.165) is 37.2 Å². The fourth-order valence-electron chi connectivity index (χ4n) is 4.72. The highest BCUT2D eigenvalue weighted by Gasteiger charge is 2.26. The molecule has 0 aromatic heterocycles. The molecule has 2 aromatic rings. The molecular weight excluding hydrogens is 470 g/mol. The number of aliphatic hydroxyl groups excluding tert-OH is 1. The number of ether oxygens (including phenoxy) is 1. The van der Waals surface area contributed by atoms with Crippen LogP contribution in [0.1, 0.15) is 69.0 Å². The lowest BCUT2D eigenvalue weighted by atomic mass is 9.99. The first-order chi connectivity index (χ1) is 17.7. The standard InChI is InChI=1S/C29H41N3O5/c1-5-37-29(36)26(18-19(2)3)31-28(35)22-6-10-24(11-7-22)32-16-14-23(15-17-32)30-20(4)27(34)21-8-12-25(33)13-9-21/h6-13,19-20,23,26-27,30,33-34H,5,14-18H2,1-4H3,(H,31,35)/t20-,26-,27-/m0/s1. The lowest BCUT2D eigenvalue weighted by Crippen LogP contribution is -2.47. The molecule has 0 spiro atoms. The second kappa shape index (κ2) is 13.4. The van der Waals surface area contributed by atoms with E-state index in [4.69, 9.17) is 4.74 Å². The number of nitrogens with one attached hydrogen (secondary N) is 2. The monoisotopic (exact) mass is 511 g/mol. The Morgan fingerprint density at radius 1 is 1.03 bits per heavy atom. The van der Waals surface area contributed by atoms with Crippen LogP contribution in [0.25, 0.3) is 0 Å². The first-order valence-corrected chi connectivity index (χ1v) is 13.2. The Kier molecular flexibility index (Phi) is 10.3. The molecule has 1 heterocycles. The van der Waals surface area contributed by atoms with Crippen LogP contribution in [0.15, 0.2) is 48.5 Å². The summed E-state index contributed by atoms with van der Waals surface area (Å²) in [5.74, 6) is -0.255. The SMILES string of the molecule is CCOC(=O)[C@H](CC(C)C)NC(=O)c1ccc(N2CCC(N[C@@H](C)[C@H](O)c3ccc(O)cc3)CC2)cc1. The molecule has 8 heteroatoms. The summed E-state index contributed by atoms with van der Waals surface area (Å²) in [5, 5.41) is 26.5. The van der Waals surface area contributed by atoms with Crippen LogP contribution >= 0.6 is 0 Å². The summed E-state index contributed by atoms with van der Waals surface area (Å²) < 4.78 is 5.12. The van der Waals surface area contributed by atoms with Gasteiger partial charge in [0.15, 0.2) is 0 Å². The number of phenolic OH excluding ortho intramolecular Hbond substituents is 1. The number of esters is 1. The molecule has 0 bridgehead atoms. The fourth-order valence-corrected chi connectivity index (χ4v) is 4.72. The Hall–Kier alpha value is -3.10. The van der Waals surface area contributed by atoms with Crippen LogP contribution in [0.4, 0.5) is 5.69 Å². The van der Waals surface area contributed by atoms with Gasteiger partial charge in [0.1, 0.15) is 11.8 Å². The van der Waals surface area contributed by atoms with Crippen molar-refractivity contribution in [3.8, 4) is 5.75 Å². The second-order valence-corrected chi connectivity index (χ2v) is 10.2. The third-order valence-electron chi connectivity index (χ3n) is 6.78. The zero-order valence-corrected chi connectivity index (χ0v) is 22.3. The predicted octanol–water partition coefficient (Wildman–Crippen LogP) is 3.78. The smallest absolute Gasteiger partial charge is 0.328 e. The first-order valence-electron chi connectivity index (χ1n) is 13.2. The molecule has 8 nitrogen and oxygen atoms in total. The Labute approximate surface area is 220 Å². The largest absolute Gasteiger partial charge is 0.508 e. The van der Waals surface area contributed by atoms with E-state index in [9.17, 15) is 19.8 Å². The fraction of sp³-hybridized carbons (Fsp3) is 0.517. The molecule has 1 amide bonds. The van der Waals surface area contributed by atoms with E-state index >= 15 is 0 Å². The molecule has 0 unspecified atom stereocenters. The number of aromatic hydroxyl groups is 1. The molecule has 0 saturated carbocycles. The number of aliphatic hydroxyl groups is 1. The minimum atomic E-state index is -0.659. The maximum atomic E-state index is 12.8. The van der Waals surface area contributed by atoms with E-state index in [1.165, 1.54) is 0 Å². The quantitative estimate of drug-likeness (QED) is 0.340. The molecule has 0 radical (unpaired) electrons. The van der Waals surface area contributed by atoms with Gasteiger partial charge in [-0.3, -0.25) is 4.79 Å². The minimum Gasteiger partial charge on any atom is -0.508 e. The van der Waals surface area contributed by atoms with Crippen LogP contribution < -0.4 is 15.5 Å². The van der Waals surface area contributed by atoms with Crippen LogP contribution in [0, 0.1) is 5.92 Å². The van der Waals surface area contributed by atoms with Gasteiger partial charge in [0, 0.05) is 36.4 Å². The van der Waals surface area contributed by atoms with Crippen LogP contribution in [-0.2, 0) is 9.53 Å². The summed E-state index contributed by atoms with van der Waals surface area (Å²) >= 11 is 0. The average Bonchev–Trinajstić information content (AvgIpc) is 2.88. The van der Waals surface area contributed by atoms with Crippen molar-refractivity contribution >= 4 is 17.6 Å². The van der Waals surface area contributed by atoms with Crippen molar-refractivity contribution in [2.24, 2.45) is 5.92 Å². The van der Waals surface area contributed by atoms with E-state index in [1.54, 1.807) is 43.3 Å². The Morgan fingerprint density at radius 2 is 1.65 bits per heavy atom.